The van der Waals surface area contributed by atoms with Crippen LogP contribution in [0.3, 0.4) is 0 Å². The van der Waals surface area contributed by atoms with Crippen LogP contribution in [0, 0.1) is 0 Å². The summed E-state index contributed by atoms with van der Waals surface area (Å²) in [7, 11) is 0. The van der Waals surface area contributed by atoms with Crippen molar-refractivity contribution in [1.29, 1.82) is 0 Å². The smallest absolute Gasteiger partial charge is 0.0963 e. The van der Waals surface area contributed by atoms with Crippen molar-refractivity contribution in [3.63, 3.8) is 0 Å². The average Bonchev–Trinajstić information content (AvgIpc) is 2.49. The molecule has 1 unspecified atom stereocenters. The van der Waals surface area contributed by atoms with Gasteiger partial charge >= 0.3 is 0 Å². The van der Waals surface area contributed by atoms with Crippen LogP contribution < -0.4 is 0 Å². The van der Waals surface area contributed by atoms with Gasteiger partial charge in [-0.05, 0) is 43.1 Å². The van der Waals surface area contributed by atoms with Crippen molar-refractivity contribution < 1.29 is 5.11 Å². The number of hydrogen-bond donors (Lipinski definition) is 1. The largest absolute Gasteiger partial charge is 0.387 e. The molecule has 1 N–H and O–H groups in total. The van der Waals surface area contributed by atoms with Crippen LogP contribution in [0.5, 0.6) is 0 Å². The van der Waals surface area contributed by atoms with E-state index < -0.39 is 0 Å². The van der Waals surface area contributed by atoms with Crippen LogP contribution in [0.2, 0.25) is 0 Å². The normalized spacial score (nSPS) is 20.2. The Bertz CT molecular complexity index is 354. The maximum atomic E-state index is 10.0. The Morgan fingerprint density at radius 2 is 2.38 bits per heavy atom. The highest BCUT2D eigenvalue weighted by molar-refractivity contribution is 7.99. The second-order valence-corrected chi connectivity index (χ2v) is 5.42. The fraction of sp³-hybridized carbons (Fsp3) is 0.615. The molecule has 2 nitrogen and oxygen atoms in total. The fourth-order valence-corrected chi connectivity index (χ4v) is 3.11. The molecule has 1 aliphatic carbocycles. The number of hydrogen-bond acceptors (Lipinski definition) is 3. The van der Waals surface area contributed by atoms with Gasteiger partial charge in [0.15, 0.2) is 0 Å². The van der Waals surface area contributed by atoms with Gasteiger partial charge in [0.1, 0.15) is 0 Å². The molecule has 0 bridgehead atoms. The van der Waals surface area contributed by atoms with Crippen molar-refractivity contribution in [3.05, 3.63) is 23.5 Å². The predicted molar refractivity (Wildman–Crippen MR) is 67.8 cm³/mol. The minimum absolute atomic E-state index is 0.348. The molecule has 88 valence electrons. The Hall–Kier alpha value is -0.540. The second kappa shape index (κ2) is 5.69. The van der Waals surface area contributed by atoms with Crippen molar-refractivity contribution in [2.45, 2.75) is 50.0 Å². The molecule has 1 heterocycles. The van der Waals surface area contributed by atoms with E-state index in [1.165, 1.54) is 23.3 Å². The quantitative estimate of drug-likeness (QED) is 0.646. The molecule has 1 aromatic heterocycles. The lowest BCUT2D eigenvalue weighted by molar-refractivity contribution is 0.162. The second-order valence-electron chi connectivity index (χ2n) is 4.28. The van der Waals surface area contributed by atoms with E-state index >= 15 is 0 Å². The highest BCUT2D eigenvalue weighted by Crippen LogP contribution is 2.33. The highest BCUT2D eigenvalue weighted by atomic mass is 32.2. The molecule has 2 rings (SSSR count). The van der Waals surface area contributed by atoms with Gasteiger partial charge in [-0.2, -0.15) is 0 Å². The molecule has 0 fully saturated rings. The minimum atomic E-state index is -0.348. The number of rotatable bonds is 3. The number of fused-ring (bicyclic) bond motifs is 1. The van der Waals surface area contributed by atoms with E-state index in [4.69, 9.17) is 0 Å². The molecule has 0 amide bonds. The predicted octanol–water partition coefficient (Wildman–Crippen LogP) is 3.34. The van der Waals surface area contributed by atoms with Crippen LogP contribution in [0.4, 0.5) is 0 Å². The standard InChI is InChI=1S/C13H19NOS/c1-2-9-16-12-7-8-14-13-10(12)5-3-4-6-11(13)15/h7-8,11,15H,2-6,9H2,1H3. The number of nitrogens with zero attached hydrogens (tertiary/aromatic N) is 1. The Balaban J connectivity index is 2.29. The highest BCUT2D eigenvalue weighted by Gasteiger charge is 2.19. The number of thioether (sulfide) groups is 1. The molecule has 1 aromatic rings. The van der Waals surface area contributed by atoms with Crippen molar-refractivity contribution in [1.82, 2.24) is 4.98 Å². The van der Waals surface area contributed by atoms with Gasteiger partial charge in [0.2, 0.25) is 0 Å². The minimum Gasteiger partial charge on any atom is -0.387 e. The Morgan fingerprint density at radius 3 is 3.19 bits per heavy atom. The fourth-order valence-electron chi connectivity index (χ4n) is 2.15. The van der Waals surface area contributed by atoms with E-state index in [2.05, 4.69) is 18.0 Å². The van der Waals surface area contributed by atoms with E-state index in [9.17, 15) is 5.11 Å². The molecule has 3 heteroatoms. The van der Waals surface area contributed by atoms with Crippen molar-refractivity contribution in [2.24, 2.45) is 0 Å². The van der Waals surface area contributed by atoms with E-state index in [1.54, 1.807) is 0 Å². The molecule has 0 radical (unpaired) electrons. The summed E-state index contributed by atoms with van der Waals surface area (Å²) in [5.74, 6) is 1.15. The summed E-state index contributed by atoms with van der Waals surface area (Å²) >= 11 is 1.90. The first-order chi connectivity index (χ1) is 7.83. The van der Waals surface area contributed by atoms with E-state index in [-0.39, 0.29) is 6.10 Å². The number of aliphatic hydroxyl groups is 1. The third-order valence-electron chi connectivity index (χ3n) is 2.98. The van der Waals surface area contributed by atoms with Crippen molar-refractivity contribution >= 4 is 11.8 Å². The summed E-state index contributed by atoms with van der Waals surface area (Å²) < 4.78 is 0. The summed E-state index contributed by atoms with van der Waals surface area (Å²) in [4.78, 5) is 5.69. The van der Waals surface area contributed by atoms with Gasteiger partial charge in [-0.1, -0.05) is 13.3 Å². The lowest BCUT2D eigenvalue weighted by Gasteiger charge is -2.13. The first kappa shape index (κ1) is 11.9. The topological polar surface area (TPSA) is 33.1 Å². The maximum absolute atomic E-state index is 10.0. The molecule has 0 aliphatic heterocycles. The summed E-state index contributed by atoms with van der Waals surface area (Å²) in [6, 6.07) is 2.09. The Kier molecular flexibility index (Phi) is 4.24. The molecule has 0 saturated heterocycles. The van der Waals surface area contributed by atoms with E-state index in [0.29, 0.717) is 0 Å². The van der Waals surface area contributed by atoms with Crippen LogP contribution >= 0.6 is 11.8 Å². The monoisotopic (exact) mass is 237 g/mol. The zero-order valence-corrected chi connectivity index (χ0v) is 10.6. The molecule has 16 heavy (non-hydrogen) atoms. The van der Waals surface area contributed by atoms with Crippen LogP contribution in [0.1, 0.15) is 50.0 Å². The summed E-state index contributed by atoms with van der Waals surface area (Å²) in [6.45, 7) is 2.20. The van der Waals surface area contributed by atoms with Crippen LogP contribution in [-0.4, -0.2) is 15.8 Å². The first-order valence-electron chi connectivity index (χ1n) is 6.11. The zero-order chi connectivity index (χ0) is 11.4. The van der Waals surface area contributed by atoms with Crippen LogP contribution in [0.25, 0.3) is 0 Å². The lowest BCUT2D eigenvalue weighted by Crippen LogP contribution is -2.03. The number of aliphatic hydroxyl groups excluding tert-OH is 1. The van der Waals surface area contributed by atoms with Gasteiger partial charge in [0, 0.05) is 11.1 Å². The van der Waals surface area contributed by atoms with Crippen molar-refractivity contribution in [3.8, 4) is 0 Å². The maximum Gasteiger partial charge on any atom is 0.0963 e. The van der Waals surface area contributed by atoms with Crippen molar-refractivity contribution in [2.75, 3.05) is 5.75 Å². The van der Waals surface area contributed by atoms with E-state index in [0.717, 1.165) is 30.7 Å². The molecular weight excluding hydrogens is 218 g/mol. The van der Waals surface area contributed by atoms with Gasteiger partial charge in [-0.25, -0.2) is 0 Å². The third-order valence-corrected chi connectivity index (χ3v) is 4.28. The first-order valence-corrected chi connectivity index (χ1v) is 7.10. The Labute approximate surface area is 101 Å². The number of aromatic nitrogens is 1. The van der Waals surface area contributed by atoms with Gasteiger partial charge in [0.25, 0.3) is 0 Å². The molecule has 0 aromatic carbocycles. The number of pyridine rings is 1. The molecular formula is C13H19NOS. The SMILES string of the molecule is CCCSc1ccnc2c1CCCCC2O. The molecule has 0 saturated carbocycles. The van der Waals surface area contributed by atoms with E-state index in [1.807, 2.05) is 18.0 Å². The third kappa shape index (κ3) is 2.58. The average molecular weight is 237 g/mol. The van der Waals surface area contributed by atoms with Gasteiger partial charge in [0.05, 0.1) is 11.8 Å². The molecule has 0 spiro atoms. The van der Waals surface area contributed by atoms with Gasteiger partial charge < -0.3 is 5.11 Å². The molecule has 1 aliphatic rings. The zero-order valence-electron chi connectivity index (χ0n) is 9.78. The van der Waals surface area contributed by atoms with Crippen LogP contribution in [0.15, 0.2) is 17.2 Å². The summed E-state index contributed by atoms with van der Waals surface area (Å²) in [5, 5.41) is 10.0. The Morgan fingerprint density at radius 1 is 1.50 bits per heavy atom. The van der Waals surface area contributed by atoms with Gasteiger partial charge in [-0.3, -0.25) is 4.98 Å². The summed E-state index contributed by atoms with van der Waals surface area (Å²) in [5.41, 5.74) is 2.23. The molecule has 1 atom stereocenters. The van der Waals surface area contributed by atoms with Gasteiger partial charge in [-0.15, -0.1) is 11.8 Å². The summed E-state index contributed by atoms with van der Waals surface area (Å²) in [6.07, 6.45) is 6.90. The lowest BCUT2D eigenvalue weighted by atomic mass is 10.1. The van der Waals surface area contributed by atoms with Crippen LogP contribution in [-0.2, 0) is 6.42 Å².